The summed E-state index contributed by atoms with van der Waals surface area (Å²) < 4.78 is 28.4. The van der Waals surface area contributed by atoms with Gasteiger partial charge in [0.1, 0.15) is 0 Å². The van der Waals surface area contributed by atoms with Gasteiger partial charge >= 0.3 is 5.97 Å². The van der Waals surface area contributed by atoms with Gasteiger partial charge in [0.25, 0.3) is 0 Å². The number of methoxy groups -OCH3 is 1. The Balaban J connectivity index is 2.60. The minimum atomic E-state index is -3.43. The highest BCUT2D eigenvalue weighted by molar-refractivity contribution is 7.94. The number of rotatable bonds is 1. The van der Waals surface area contributed by atoms with Crippen molar-refractivity contribution in [2.75, 3.05) is 7.11 Å². The third-order valence-electron chi connectivity index (χ3n) is 2.62. The minimum Gasteiger partial charge on any atom is -0.465 e. The van der Waals surface area contributed by atoms with E-state index < -0.39 is 15.8 Å². The number of benzene rings is 1. The molecule has 1 aromatic rings. The summed E-state index contributed by atoms with van der Waals surface area (Å²) in [6.07, 6.45) is 0.593. The maximum absolute atomic E-state index is 11.9. The van der Waals surface area contributed by atoms with Gasteiger partial charge in [-0.1, -0.05) is 11.6 Å². The average molecular weight is 252 g/mol. The van der Waals surface area contributed by atoms with Gasteiger partial charge < -0.3 is 4.74 Å². The minimum absolute atomic E-state index is 0.200. The molecular formula is C12H12O4S. The van der Waals surface area contributed by atoms with E-state index in [0.29, 0.717) is 6.42 Å². The average Bonchev–Trinajstić information content (AvgIpc) is 2.26. The lowest BCUT2D eigenvalue weighted by Crippen LogP contribution is -2.11. The topological polar surface area (TPSA) is 60.4 Å². The second kappa shape index (κ2) is 4.00. The summed E-state index contributed by atoms with van der Waals surface area (Å²) in [5.74, 6) is -0.533. The van der Waals surface area contributed by atoms with Crippen molar-refractivity contribution >= 4 is 15.8 Å². The molecule has 17 heavy (non-hydrogen) atoms. The van der Waals surface area contributed by atoms with Crippen LogP contribution in [0.5, 0.6) is 0 Å². The molecular weight excluding hydrogens is 240 g/mol. The van der Waals surface area contributed by atoms with E-state index in [0.717, 1.165) is 11.1 Å². The Kier molecular flexibility index (Phi) is 2.79. The molecule has 0 aromatic heterocycles. The molecule has 1 aliphatic heterocycles. The zero-order chi connectivity index (χ0) is 12.6. The predicted molar refractivity (Wildman–Crippen MR) is 62.4 cm³/mol. The maximum atomic E-state index is 11.9. The van der Waals surface area contributed by atoms with Gasteiger partial charge in [-0.05, 0) is 31.0 Å². The Morgan fingerprint density at radius 2 is 2.06 bits per heavy atom. The Labute approximate surface area is 99.8 Å². The smallest absolute Gasteiger partial charge is 0.337 e. The summed E-state index contributed by atoms with van der Waals surface area (Å²) >= 11 is 0. The molecule has 0 spiro atoms. The molecule has 0 aliphatic carbocycles. The van der Waals surface area contributed by atoms with Gasteiger partial charge in [-0.2, -0.15) is 0 Å². The Hall–Kier alpha value is -1.62. The number of fused-ring (bicyclic) bond motifs is 1. The van der Waals surface area contributed by atoms with Crippen molar-refractivity contribution in [1.82, 2.24) is 0 Å². The van der Waals surface area contributed by atoms with Crippen LogP contribution in [0.15, 0.2) is 34.1 Å². The molecule has 0 amide bonds. The van der Waals surface area contributed by atoms with Crippen molar-refractivity contribution in [3.63, 3.8) is 0 Å². The first-order chi connectivity index (χ1) is 7.94. The van der Waals surface area contributed by atoms with Gasteiger partial charge in [0.15, 0.2) is 9.84 Å². The van der Waals surface area contributed by atoms with Crippen LogP contribution >= 0.6 is 0 Å². The van der Waals surface area contributed by atoms with E-state index in [1.54, 1.807) is 19.1 Å². The van der Waals surface area contributed by atoms with Crippen LogP contribution in [0.3, 0.4) is 0 Å². The van der Waals surface area contributed by atoms with Crippen LogP contribution in [0.2, 0.25) is 0 Å². The maximum Gasteiger partial charge on any atom is 0.337 e. The van der Waals surface area contributed by atoms with E-state index in [2.05, 4.69) is 4.74 Å². The van der Waals surface area contributed by atoms with E-state index in [9.17, 15) is 13.2 Å². The first kappa shape index (κ1) is 11.9. The Bertz CT molecular complexity index is 611. The summed E-state index contributed by atoms with van der Waals surface area (Å²) in [4.78, 5) is 11.5. The van der Waals surface area contributed by atoms with Crippen LogP contribution in [-0.4, -0.2) is 21.5 Å². The second-order valence-corrected chi connectivity index (χ2v) is 5.77. The fourth-order valence-corrected chi connectivity index (χ4v) is 3.42. The van der Waals surface area contributed by atoms with E-state index in [1.807, 2.05) is 0 Å². The highest BCUT2D eigenvalue weighted by Gasteiger charge is 2.23. The van der Waals surface area contributed by atoms with Crippen molar-refractivity contribution in [2.24, 2.45) is 0 Å². The number of allylic oxidation sites excluding steroid dienone is 1. The molecule has 2 rings (SSSR count). The highest BCUT2D eigenvalue weighted by Crippen LogP contribution is 2.28. The quantitative estimate of drug-likeness (QED) is 0.714. The van der Waals surface area contributed by atoms with Crippen molar-refractivity contribution in [3.8, 4) is 0 Å². The molecule has 0 unspecified atom stereocenters. The number of esters is 1. The van der Waals surface area contributed by atoms with Gasteiger partial charge in [-0.15, -0.1) is 0 Å². The highest BCUT2D eigenvalue weighted by atomic mass is 32.2. The molecule has 90 valence electrons. The zero-order valence-corrected chi connectivity index (χ0v) is 10.4. The lowest BCUT2D eigenvalue weighted by molar-refractivity contribution is 0.0600. The molecule has 0 radical (unpaired) electrons. The number of carbonyl (C=O) groups excluding carboxylic acids is 1. The largest absolute Gasteiger partial charge is 0.465 e. The summed E-state index contributed by atoms with van der Waals surface area (Å²) in [5, 5.41) is 1.25. The predicted octanol–water partition coefficient (Wildman–Crippen LogP) is 1.71. The van der Waals surface area contributed by atoms with E-state index >= 15 is 0 Å². The molecule has 4 nitrogen and oxygen atoms in total. The first-order valence-electron chi connectivity index (χ1n) is 5.07. The van der Waals surface area contributed by atoms with Gasteiger partial charge in [0, 0.05) is 5.41 Å². The molecule has 1 aliphatic rings. The van der Waals surface area contributed by atoms with Crippen molar-refractivity contribution in [3.05, 3.63) is 40.3 Å². The number of carbonyl (C=O) groups is 1. The van der Waals surface area contributed by atoms with Gasteiger partial charge in [0.05, 0.1) is 17.6 Å². The van der Waals surface area contributed by atoms with Crippen molar-refractivity contribution in [1.29, 1.82) is 0 Å². The molecule has 0 saturated heterocycles. The number of sulfone groups is 1. The lowest BCUT2D eigenvalue weighted by atomic mass is 10.1. The molecule has 0 saturated carbocycles. The SMILES string of the molecule is COC(=O)c1ccc2c(c1)S(=O)(=O)C=C(C)C2. The van der Waals surface area contributed by atoms with Crippen LogP contribution in [0.1, 0.15) is 22.8 Å². The van der Waals surface area contributed by atoms with Gasteiger partial charge in [0.2, 0.25) is 0 Å². The zero-order valence-electron chi connectivity index (χ0n) is 9.56. The fourth-order valence-electron chi connectivity index (χ4n) is 1.88. The van der Waals surface area contributed by atoms with E-state index in [4.69, 9.17) is 0 Å². The normalized spacial score (nSPS) is 16.9. The molecule has 1 heterocycles. The molecule has 0 atom stereocenters. The second-order valence-electron chi connectivity index (χ2n) is 4.00. The van der Waals surface area contributed by atoms with Gasteiger partial charge in [-0.25, -0.2) is 13.2 Å². The van der Waals surface area contributed by atoms with Crippen molar-refractivity contribution < 1.29 is 17.9 Å². The summed E-state index contributed by atoms with van der Waals surface area (Å²) in [7, 11) is -2.16. The van der Waals surface area contributed by atoms with Crippen LogP contribution in [0.4, 0.5) is 0 Å². The third-order valence-corrected chi connectivity index (χ3v) is 4.33. The molecule has 5 heteroatoms. The monoisotopic (exact) mass is 252 g/mol. The fraction of sp³-hybridized carbons (Fsp3) is 0.250. The van der Waals surface area contributed by atoms with Crippen LogP contribution < -0.4 is 0 Å². The van der Waals surface area contributed by atoms with Crippen LogP contribution in [0.25, 0.3) is 0 Å². The number of hydrogen-bond donors (Lipinski definition) is 0. The Morgan fingerprint density at radius 1 is 1.35 bits per heavy atom. The summed E-state index contributed by atoms with van der Waals surface area (Å²) in [6.45, 7) is 1.77. The molecule has 1 aromatic carbocycles. The summed E-state index contributed by atoms with van der Waals surface area (Å²) in [6, 6.07) is 4.62. The van der Waals surface area contributed by atoms with Gasteiger partial charge in [-0.3, -0.25) is 0 Å². The number of hydrogen-bond acceptors (Lipinski definition) is 4. The molecule has 0 bridgehead atoms. The molecule has 0 N–H and O–H groups in total. The standard InChI is InChI=1S/C12H12O4S/c1-8-5-9-3-4-10(12(13)16-2)6-11(9)17(14,15)7-8/h3-4,6-7H,5H2,1-2H3. The van der Waals surface area contributed by atoms with E-state index in [-0.39, 0.29) is 10.5 Å². The lowest BCUT2D eigenvalue weighted by Gasteiger charge is -2.15. The summed E-state index contributed by atoms with van der Waals surface area (Å²) in [5.41, 5.74) is 1.77. The number of ether oxygens (including phenoxy) is 1. The van der Waals surface area contributed by atoms with E-state index in [1.165, 1.54) is 18.6 Å². The molecule has 0 fully saturated rings. The van der Waals surface area contributed by atoms with Crippen LogP contribution in [-0.2, 0) is 21.0 Å². The third kappa shape index (κ3) is 2.10. The van der Waals surface area contributed by atoms with Crippen molar-refractivity contribution in [2.45, 2.75) is 18.2 Å². The Morgan fingerprint density at radius 3 is 2.71 bits per heavy atom. The van der Waals surface area contributed by atoms with Crippen LogP contribution in [0, 0.1) is 0 Å². The first-order valence-corrected chi connectivity index (χ1v) is 6.62.